The molecule has 0 saturated carbocycles. The molecule has 0 saturated heterocycles. The van der Waals surface area contributed by atoms with Gasteiger partial charge in [0, 0.05) is 0 Å². The number of hydrogen-bond acceptors (Lipinski definition) is 6. The van der Waals surface area contributed by atoms with Gasteiger partial charge in [-0.15, -0.1) is 16.4 Å². The zero-order valence-electron chi connectivity index (χ0n) is 12.1. The molecule has 0 aliphatic rings. The smallest absolute Gasteiger partial charge is 0.322 e. The lowest BCUT2D eigenvalue weighted by Crippen LogP contribution is -2.12. The fourth-order valence-corrected chi connectivity index (χ4v) is 3.03. The van der Waals surface area contributed by atoms with Gasteiger partial charge in [0.15, 0.2) is 0 Å². The van der Waals surface area contributed by atoms with E-state index in [1.54, 1.807) is 0 Å². The van der Waals surface area contributed by atoms with Gasteiger partial charge in [0.1, 0.15) is 10.7 Å². The van der Waals surface area contributed by atoms with Gasteiger partial charge in [-0.05, 0) is 32.0 Å². The number of aryl methyl sites for hydroxylation is 2. The van der Waals surface area contributed by atoms with Gasteiger partial charge in [-0.3, -0.25) is 10.1 Å². The van der Waals surface area contributed by atoms with Crippen LogP contribution in [0.3, 0.4) is 0 Å². The maximum Gasteiger partial charge on any atom is 0.322 e. The highest BCUT2D eigenvalue weighted by Crippen LogP contribution is 2.29. The zero-order chi connectivity index (χ0) is 16.6. The first-order chi connectivity index (χ1) is 10.9. The molecule has 118 valence electrons. The van der Waals surface area contributed by atoms with Crippen LogP contribution in [0.15, 0.2) is 22.6 Å². The van der Waals surface area contributed by atoms with Crippen LogP contribution in [0.2, 0.25) is 5.02 Å². The lowest BCUT2D eigenvalue weighted by molar-refractivity contribution is 0.102. The van der Waals surface area contributed by atoms with E-state index in [4.69, 9.17) is 16.0 Å². The molecule has 0 fully saturated rings. The summed E-state index contributed by atoms with van der Waals surface area (Å²) in [5.41, 5.74) is 0.883. The molecule has 0 atom stereocenters. The lowest BCUT2D eigenvalue weighted by atomic mass is 10.2. The quantitative estimate of drug-likeness (QED) is 0.774. The molecule has 23 heavy (non-hydrogen) atoms. The van der Waals surface area contributed by atoms with Gasteiger partial charge in [0.2, 0.25) is 0 Å². The van der Waals surface area contributed by atoms with Crippen LogP contribution in [-0.4, -0.2) is 21.1 Å². The van der Waals surface area contributed by atoms with Gasteiger partial charge in [0.25, 0.3) is 11.8 Å². The third-order valence-corrected chi connectivity index (χ3v) is 4.29. The van der Waals surface area contributed by atoms with Crippen molar-refractivity contribution in [1.82, 2.24) is 15.2 Å². The number of carbonyl (C=O) groups excluding carboxylic acids is 1. The molecule has 2 heterocycles. The van der Waals surface area contributed by atoms with Crippen molar-refractivity contribution < 1.29 is 13.6 Å². The Bertz CT molecular complexity index is 893. The first kappa shape index (κ1) is 15.6. The predicted molar refractivity (Wildman–Crippen MR) is 84.2 cm³/mol. The molecule has 0 bridgehead atoms. The highest BCUT2D eigenvalue weighted by atomic mass is 35.5. The van der Waals surface area contributed by atoms with E-state index in [0.717, 1.165) is 27.7 Å². The zero-order valence-corrected chi connectivity index (χ0v) is 13.6. The van der Waals surface area contributed by atoms with Crippen molar-refractivity contribution in [2.45, 2.75) is 13.8 Å². The number of nitrogens with one attached hydrogen (secondary N) is 1. The molecule has 1 aromatic carbocycles. The van der Waals surface area contributed by atoms with E-state index < -0.39 is 11.7 Å². The van der Waals surface area contributed by atoms with Gasteiger partial charge in [-0.2, -0.15) is 0 Å². The number of rotatable bonds is 3. The molecular weight excluding hydrogens is 343 g/mol. The normalized spacial score (nSPS) is 10.8. The van der Waals surface area contributed by atoms with Gasteiger partial charge in [-0.1, -0.05) is 16.7 Å². The Labute approximate surface area is 139 Å². The Kier molecular flexibility index (Phi) is 4.10. The molecule has 1 N–H and O–H groups in total. The second-order valence-corrected chi connectivity index (χ2v) is 6.25. The van der Waals surface area contributed by atoms with Gasteiger partial charge >= 0.3 is 6.01 Å². The summed E-state index contributed by atoms with van der Waals surface area (Å²) in [5, 5.41) is 11.0. The van der Waals surface area contributed by atoms with Crippen molar-refractivity contribution in [3.05, 3.63) is 45.3 Å². The summed E-state index contributed by atoms with van der Waals surface area (Å²) in [6.45, 7) is 3.70. The van der Waals surface area contributed by atoms with E-state index in [1.807, 2.05) is 13.8 Å². The average molecular weight is 353 g/mol. The summed E-state index contributed by atoms with van der Waals surface area (Å²) >= 11 is 7.26. The molecule has 2 aromatic heterocycles. The Morgan fingerprint density at radius 1 is 1.35 bits per heavy atom. The van der Waals surface area contributed by atoms with Crippen LogP contribution < -0.4 is 5.32 Å². The molecule has 1 amide bonds. The Morgan fingerprint density at radius 3 is 2.78 bits per heavy atom. The Hall–Kier alpha value is -2.32. The fourth-order valence-electron chi connectivity index (χ4n) is 1.93. The van der Waals surface area contributed by atoms with Gasteiger partial charge < -0.3 is 4.42 Å². The number of benzene rings is 1. The number of carbonyl (C=O) groups is 1. The second-order valence-electron chi connectivity index (χ2n) is 4.64. The SMILES string of the molecule is Cc1nc(C)c(-c2nnc(NC(=O)c3ccc(F)cc3Cl)o2)s1. The molecule has 3 rings (SSSR count). The number of thiazole rings is 1. The van der Waals surface area contributed by atoms with Crippen LogP contribution in [0, 0.1) is 19.7 Å². The topological polar surface area (TPSA) is 80.9 Å². The minimum Gasteiger partial charge on any atom is -0.402 e. The predicted octanol–water partition coefficient (Wildman–Crippen LogP) is 3.85. The van der Waals surface area contributed by atoms with Crippen LogP contribution in [0.1, 0.15) is 21.1 Å². The van der Waals surface area contributed by atoms with Gasteiger partial charge in [0.05, 0.1) is 21.3 Å². The lowest BCUT2D eigenvalue weighted by Gasteiger charge is -2.02. The first-order valence-electron chi connectivity index (χ1n) is 6.48. The monoisotopic (exact) mass is 352 g/mol. The molecule has 9 heteroatoms. The van der Waals surface area contributed by atoms with E-state index >= 15 is 0 Å². The summed E-state index contributed by atoms with van der Waals surface area (Å²) in [6, 6.07) is 3.40. The standard InChI is InChI=1S/C14H10ClFN4O2S/c1-6-11(23-7(2)17-6)13-19-20-14(22-13)18-12(21)9-4-3-8(16)5-10(9)15/h3-5H,1-2H3,(H,18,20,21). The van der Waals surface area contributed by atoms with Crippen molar-refractivity contribution in [3.8, 4) is 10.8 Å². The minimum atomic E-state index is -0.567. The molecule has 0 radical (unpaired) electrons. The third-order valence-electron chi connectivity index (χ3n) is 2.92. The summed E-state index contributed by atoms with van der Waals surface area (Å²) in [5.74, 6) is -0.821. The summed E-state index contributed by atoms with van der Waals surface area (Å²) in [6.07, 6.45) is 0. The molecule has 0 aliphatic carbocycles. The van der Waals surface area contributed by atoms with E-state index in [2.05, 4.69) is 20.5 Å². The Balaban J connectivity index is 1.81. The van der Waals surface area contributed by atoms with Crippen LogP contribution in [0.5, 0.6) is 0 Å². The molecule has 0 unspecified atom stereocenters. The highest BCUT2D eigenvalue weighted by Gasteiger charge is 2.18. The third kappa shape index (κ3) is 3.22. The largest absolute Gasteiger partial charge is 0.402 e. The van der Waals surface area contributed by atoms with E-state index in [9.17, 15) is 9.18 Å². The number of nitrogens with zero attached hydrogens (tertiary/aromatic N) is 3. The minimum absolute atomic E-state index is 0.00355. The maximum absolute atomic E-state index is 13.0. The van der Waals surface area contributed by atoms with Crippen molar-refractivity contribution in [2.24, 2.45) is 0 Å². The molecule has 0 aliphatic heterocycles. The van der Waals surface area contributed by atoms with Crippen LogP contribution in [0.25, 0.3) is 10.8 Å². The number of hydrogen-bond donors (Lipinski definition) is 1. The summed E-state index contributed by atoms with van der Waals surface area (Å²) in [7, 11) is 0. The van der Waals surface area contributed by atoms with Crippen LogP contribution in [0.4, 0.5) is 10.4 Å². The van der Waals surface area contributed by atoms with Crippen molar-refractivity contribution in [3.63, 3.8) is 0 Å². The number of anilines is 1. The number of amides is 1. The molecule has 3 aromatic rings. The summed E-state index contributed by atoms with van der Waals surface area (Å²) in [4.78, 5) is 17.1. The maximum atomic E-state index is 13.0. The van der Waals surface area contributed by atoms with E-state index in [-0.39, 0.29) is 22.5 Å². The second kappa shape index (κ2) is 6.05. The van der Waals surface area contributed by atoms with Crippen molar-refractivity contribution in [1.29, 1.82) is 0 Å². The highest BCUT2D eigenvalue weighted by molar-refractivity contribution is 7.15. The average Bonchev–Trinajstić information content (AvgIpc) is 3.05. The summed E-state index contributed by atoms with van der Waals surface area (Å²) < 4.78 is 18.4. The fraction of sp³-hybridized carbons (Fsp3) is 0.143. The van der Waals surface area contributed by atoms with Crippen molar-refractivity contribution in [2.75, 3.05) is 5.32 Å². The first-order valence-corrected chi connectivity index (χ1v) is 7.68. The van der Waals surface area contributed by atoms with E-state index in [1.165, 1.54) is 17.4 Å². The molecule has 0 spiro atoms. The van der Waals surface area contributed by atoms with Crippen molar-refractivity contribution >= 4 is 34.9 Å². The number of aromatic nitrogens is 3. The van der Waals surface area contributed by atoms with Gasteiger partial charge in [-0.25, -0.2) is 9.37 Å². The number of halogens is 2. The Morgan fingerprint density at radius 2 is 2.13 bits per heavy atom. The molecular formula is C14H10ClFN4O2S. The molecule has 6 nitrogen and oxygen atoms in total. The van der Waals surface area contributed by atoms with E-state index in [0.29, 0.717) is 0 Å². The van der Waals surface area contributed by atoms with Crippen LogP contribution >= 0.6 is 22.9 Å². The van der Waals surface area contributed by atoms with Crippen LogP contribution in [-0.2, 0) is 0 Å².